The Hall–Kier alpha value is -0.920. The first-order valence-corrected chi connectivity index (χ1v) is 6.44. The predicted molar refractivity (Wildman–Crippen MR) is 53.0 cm³/mol. The first-order valence-electron chi connectivity index (χ1n) is 5.21. The number of rotatable bonds is 2. The molecule has 0 aromatic carbocycles. The second-order valence-electron chi connectivity index (χ2n) is 4.39. The van der Waals surface area contributed by atoms with E-state index >= 15 is 0 Å². The van der Waals surface area contributed by atoms with Gasteiger partial charge in [0, 0.05) is 0 Å². The molecule has 18 heavy (non-hydrogen) atoms. The van der Waals surface area contributed by atoms with E-state index in [9.17, 15) is 0 Å². The third kappa shape index (κ3) is 9.15. The lowest BCUT2D eigenvalue weighted by molar-refractivity contribution is -2.00. The van der Waals surface area contributed by atoms with E-state index in [1.165, 1.54) is 0 Å². The summed E-state index contributed by atoms with van der Waals surface area (Å²) in [5.41, 5.74) is 0.0348. The molecule has 7 heteroatoms. The highest BCUT2D eigenvalue weighted by Gasteiger charge is 2.26. The van der Waals surface area contributed by atoms with E-state index < -0.39 is 10.2 Å². The molecule has 0 saturated heterocycles. The average Bonchev–Trinajstić information content (AvgIpc) is 2.14. The van der Waals surface area contributed by atoms with E-state index in [1.807, 2.05) is 19.1 Å². The van der Waals surface area contributed by atoms with Gasteiger partial charge in [0.25, 0.3) is 0 Å². The molecular formula is C11H17ClO6. The highest BCUT2D eigenvalue weighted by atomic mass is 35.7. The van der Waals surface area contributed by atoms with Crippen LogP contribution in [0.4, 0.5) is 0 Å². The van der Waals surface area contributed by atoms with Crippen molar-refractivity contribution < 1.29 is 38.0 Å². The standard InChI is InChI=1S/C11H17O2.ClHO4/c1-5-12-9-6-7-13-10(8-9)11(2,3)4;2-1(3,4)5/h6-8H,5H2,1-4H3;(H,2,3,4,5)/q+1;/p-1. The van der Waals surface area contributed by atoms with Gasteiger partial charge in [0.15, 0.2) is 0 Å². The van der Waals surface area contributed by atoms with Crippen molar-refractivity contribution >= 4 is 0 Å². The Morgan fingerprint density at radius 1 is 1.22 bits per heavy atom. The molecule has 1 aromatic heterocycles. The Morgan fingerprint density at radius 3 is 2.11 bits per heavy atom. The molecule has 0 aliphatic carbocycles. The fourth-order valence-corrected chi connectivity index (χ4v) is 1.04. The monoisotopic (exact) mass is 280 g/mol. The Bertz CT molecular complexity index is 349. The third-order valence-corrected chi connectivity index (χ3v) is 1.75. The molecule has 0 unspecified atom stereocenters. The van der Waals surface area contributed by atoms with E-state index in [-0.39, 0.29) is 5.41 Å². The second-order valence-corrected chi connectivity index (χ2v) is 5.15. The topological polar surface area (TPSA) is 113 Å². The van der Waals surface area contributed by atoms with Crippen molar-refractivity contribution in [2.75, 3.05) is 6.61 Å². The lowest BCUT2D eigenvalue weighted by Crippen LogP contribution is -2.68. The Morgan fingerprint density at radius 2 is 1.72 bits per heavy atom. The minimum atomic E-state index is -4.94. The highest BCUT2D eigenvalue weighted by Crippen LogP contribution is 2.25. The Labute approximate surface area is 108 Å². The molecule has 1 heterocycles. The predicted octanol–water partition coefficient (Wildman–Crippen LogP) is -1.50. The summed E-state index contributed by atoms with van der Waals surface area (Å²) >= 11 is 0. The van der Waals surface area contributed by atoms with Gasteiger partial charge in [-0.15, -0.1) is 10.2 Å². The van der Waals surface area contributed by atoms with Crippen molar-refractivity contribution in [1.82, 2.24) is 0 Å². The lowest BCUT2D eigenvalue weighted by Gasteiger charge is -2.17. The quantitative estimate of drug-likeness (QED) is 0.609. The van der Waals surface area contributed by atoms with Crippen LogP contribution in [-0.4, -0.2) is 6.61 Å². The molecule has 6 nitrogen and oxygen atoms in total. The maximum Gasteiger partial charge on any atom is 0.337 e. The van der Waals surface area contributed by atoms with Gasteiger partial charge in [-0.1, -0.05) is 0 Å². The van der Waals surface area contributed by atoms with Gasteiger partial charge in [-0.05, 0) is 27.7 Å². The van der Waals surface area contributed by atoms with Crippen molar-refractivity contribution in [3.05, 3.63) is 24.2 Å². The van der Waals surface area contributed by atoms with E-state index in [4.69, 9.17) is 27.8 Å². The van der Waals surface area contributed by atoms with Crippen LogP contribution in [0.25, 0.3) is 0 Å². The zero-order valence-corrected chi connectivity index (χ0v) is 11.5. The average molecular weight is 281 g/mol. The van der Waals surface area contributed by atoms with E-state index in [2.05, 4.69) is 20.8 Å². The van der Waals surface area contributed by atoms with Crippen molar-refractivity contribution in [1.29, 1.82) is 0 Å². The van der Waals surface area contributed by atoms with Crippen LogP contribution in [0.2, 0.25) is 0 Å². The van der Waals surface area contributed by atoms with Crippen LogP contribution in [0.1, 0.15) is 33.5 Å². The summed E-state index contributed by atoms with van der Waals surface area (Å²) in [5.74, 6) is 1.82. The molecule has 1 rings (SSSR count). The normalized spacial score (nSPS) is 11.6. The largest absolute Gasteiger partial charge is 0.493 e. The summed E-state index contributed by atoms with van der Waals surface area (Å²) in [6.45, 7) is 9.00. The van der Waals surface area contributed by atoms with Crippen molar-refractivity contribution in [3.8, 4) is 5.75 Å². The van der Waals surface area contributed by atoms with Crippen LogP contribution >= 0.6 is 0 Å². The highest BCUT2D eigenvalue weighted by molar-refractivity contribution is 5.23. The third-order valence-electron chi connectivity index (χ3n) is 1.75. The van der Waals surface area contributed by atoms with E-state index in [0.29, 0.717) is 6.61 Å². The van der Waals surface area contributed by atoms with E-state index in [0.717, 1.165) is 11.5 Å². The van der Waals surface area contributed by atoms with Gasteiger partial charge in [0.2, 0.25) is 0 Å². The van der Waals surface area contributed by atoms with Crippen LogP contribution in [0.15, 0.2) is 22.8 Å². The lowest BCUT2D eigenvalue weighted by atomic mass is 9.93. The molecule has 0 N–H and O–H groups in total. The van der Waals surface area contributed by atoms with Gasteiger partial charge in [-0.3, -0.25) is 0 Å². The van der Waals surface area contributed by atoms with Gasteiger partial charge in [-0.2, -0.15) is 0 Å². The minimum absolute atomic E-state index is 0.0348. The summed E-state index contributed by atoms with van der Waals surface area (Å²) in [7, 11) is -4.94. The van der Waals surface area contributed by atoms with Crippen LogP contribution in [0, 0.1) is 10.2 Å². The fraction of sp³-hybridized carbons (Fsp3) is 0.545. The molecule has 0 aliphatic rings. The molecule has 0 saturated carbocycles. The fourth-order valence-electron chi connectivity index (χ4n) is 1.04. The molecule has 0 amide bonds. The molecular weight excluding hydrogens is 264 g/mol. The zero-order valence-electron chi connectivity index (χ0n) is 10.8. The molecule has 0 bridgehead atoms. The van der Waals surface area contributed by atoms with Gasteiger partial charge in [-0.25, -0.2) is 23.1 Å². The molecule has 104 valence electrons. The van der Waals surface area contributed by atoms with Crippen LogP contribution in [0.3, 0.4) is 0 Å². The molecule has 0 spiro atoms. The summed E-state index contributed by atoms with van der Waals surface area (Å²) in [6, 6.07) is 3.78. The number of hydrogen-bond acceptors (Lipinski definition) is 5. The SMILES string of the molecule is CCOc1cc[o+]c(C(C)(C)C)c1.[O-][Cl+3]([O-])([O-])[O-]. The first kappa shape index (κ1) is 17.1. The number of hydrogen-bond donors (Lipinski definition) is 0. The molecule has 0 fully saturated rings. The van der Waals surface area contributed by atoms with E-state index in [1.54, 1.807) is 6.26 Å². The maximum absolute atomic E-state index is 8.49. The molecule has 0 aliphatic heterocycles. The molecule has 0 radical (unpaired) electrons. The summed E-state index contributed by atoms with van der Waals surface area (Å²) in [6.07, 6.45) is 1.67. The Balaban J connectivity index is 0.000000494. The Kier molecular flexibility index (Phi) is 6.51. The van der Waals surface area contributed by atoms with Gasteiger partial charge >= 0.3 is 12.0 Å². The summed E-state index contributed by atoms with van der Waals surface area (Å²) < 4.78 is 44.8. The number of halogens is 1. The van der Waals surface area contributed by atoms with Crippen molar-refractivity contribution in [2.24, 2.45) is 0 Å². The van der Waals surface area contributed by atoms with Crippen LogP contribution in [-0.2, 0) is 5.41 Å². The number of ether oxygens (including phenoxy) is 1. The van der Waals surface area contributed by atoms with Gasteiger partial charge in [0.05, 0.1) is 24.2 Å². The second kappa shape index (κ2) is 6.86. The first-order chi connectivity index (χ1) is 8.04. The summed E-state index contributed by atoms with van der Waals surface area (Å²) in [4.78, 5) is 0. The van der Waals surface area contributed by atoms with Crippen LogP contribution in [0.5, 0.6) is 5.75 Å². The smallest absolute Gasteiger partial charge is 0.337 e. The summed E-state index contributed by atoms with van der Waals surface area (Å²) in [5, 5.41) is 0. The zero-order chi connectivity index (χ0) is 14.4. The van der Waals surface area contributed by atoms with Gasteiger partial charge < -0.3 is 4.74 Å². The minimum Gasteiger partial charge on any atom is -0.493 e. The van der Waals surface area contributed by atoms with Crippen molar-refractivity contribution in [3.63, 3.8) is 0 Å². The van der Waals surface area contributed by atoms with Gasteiger partial charge in [0.1, 0.15) is 5.75 Å². The molecule has 1 aromatic rings. The maximum atomic E-state index is 8.49. The van der Waals surface area contributed by atoms with Crippen LogP contribution < -0.4 is 23.4 Å². The molecule has 0 atom stereocenters. The van der Waals surface area contributed by atoms with Crippen molar-refractivity contribution in [2.45, 2.75) is 33.1 Å².